The third-order valence-electron chi connectivity index (χ3n) is 3.62. The van der Waals surface area contributed by atoms with E-state index in [9.17, 15) is 4.79 Å². The van der Waals surface area contributed by atoms with Crippen molar-refractivity contribution in [3.8, 4) is 0 Å². The summed E-state index contributed by atoms with van der Waals surface area (Å²) in [6, 6.07) is 2.33. The molecule has 1 saturated heterocycles. The second kappa shape index (κ2) is 5.85. The molecular formula is C14H19N5OS. The first-order chi connectivity index (χ1) is 10.2. The van der Waals surface area contributed by atoms with Crippen molar-refractivity contribution >= 4 is 39.2 Å². The molecule has 0 aliphatic carbocycles. The lowest BCUT2D eigenvalue weighted by Crippen LogP contribution is -2.32. The van der Waals surface area contributed by atoms with Crippen LogP contribution in [0.1, 0.15) is 24.6 Å². The highest BCUT2D eigenvalue weighted by Crippen LogP contribution is 2.30. The zero-order valence-electron chi connectivity index (χ0n) is 12.2. The number of anilines is 2. The average Bonchev–Trinajstić information content (AvgIpc) is 3.10. The van der Waals surface area contributed by atoms with Gasteiger partial charge in [-0.25, -0.2) is 4.98 Å². The second-order valence-electron chi connectivity index (χ2n) is 5.11. The number of carbonyl (C=O) groups excluding carboxylic acids is 1. The molecule has 1 fully saturated rings. The number of fused-ring (bicyclic) bond motifs is 1. The summed E-state index contributed by atoms with van der Waals surface area (Å²) >= 11 is 1.70. The monoisotopic (exact) mass is 305 g/mol. The molecule has 0 radical (unpaired) electrons. The summed E-state index contributed by atoms with van der Waals surface area (Å²) in [5.41, 5.74) is 0. The quantitative estimate of drug-likeness (QED) is 0.787. The molecule has 3 N–H and O–H groups in total. The predicted octanol–water partition coefficient (Wildman–Crippen LogP) is 1.99. The van der Waals surface area contributed by atoms with E-state index in [-0.39, 0.29) is 11.9 Å². The van der Waals surface area contributed by atoms with Crippen LogP contribution in [0.15, 0.2) is 6.07 Å². The number of nitrogens with zero attached hydrogens (tertiary/aromatic N) is 2. The maximum Gasteiger partial charge on any atom is 0.225 e. The molecule has 3 rings (SSSR count). The third kappa shape index (κ3) is 2.92. The van der Waals surface area contributed by atoms with Gasteiger partial charge in [-0.15, -0.1) is 11.3 Å². The molecule has 0 spiro atoms. The minimum absolute atomic E-state index is 0.134. The Labute approximate surface area is 127 Å². The number of aryl methyl sites for hydroxylation is 1. The molecule has 2 aromatic heterocycles. The third-order valence-corrected chi connectivity index (χ3v) is 4.79. The number of thiophene rings is 1. The molecular weight excluding hydrogens is 286 g/mol. The number of rotatable bonds is 5. The van der Waals surface area contributed by atoms with Crippen LogP contribution in [0.4, 0.5) is 11.8 Å². The van der Waals surface area contributed by atoms with Gasteiger partial charge in [-0.3, -0.25) is 4.79 Å². The summed E-state index contributed by atoms with van der Waals surface area (Å²) in [6.45, 7) is 2.83. The van der Waals surface area contributed by atoms with Crippen LogP contribution in [0, 0.1) is 0 Å². The van der Waals surface area contributed by atoms with Gasteiger partial charge in [0.25, 0.3) is 0 Å². The van der Waals surface area contributed by atoms with Crippen LogP contribution in [0.25, 0.3) is 10.2 Å². The molecule has 1 amide bonds. The fourth-order valence-corrected chi connectivity index (χ4v) is 3.41. The highest BCUT2D eigenvalue weighted by atomic mass is 32.1. The fourth-order valence-electron chi connectivity index (χ4n) is 2.44. The van der Waals surface area contributed by atoms with Crippen LogP contribution < -0.4 is 16.0 Å². The minimum atomic E-state index is 0.134. The molecule has 21 heavy (non-hydrogen) atoms. The summed E-state index contributed by atoms with van der Waals surface area (Å²) in [5.74, 6) is 1.58. The van der Waals surface area contributed by atoms with Gasteiger partial charge in [0.05, 0.1) is 5.39 Å². The zero-order valence-corrected chi connectivity index (χ0v) is 13.0. The largest absolute Gasteiger partial charge is 0.367 e. The summed E-state index contributed by atoms with van der Waals surface area (Å²) < 4.78 is 0. The number of hydrogen-bond acceptors (Lipinski definition) is 6. The van der Waals surface area contributed by atoms with Crippen LogP contribution in [0.5, 0.6) is 0 Å². The lowest BCUT2D eigenvalue weighted by Gasteiger charge is -2.13. The highest BCUT2D eigenvalue weighted by Gasteiger charge is 2.21. The van der Waals surface area contributed by atoms with Crippen molar-refractivity contribution < 1.29 is 4.79 Å². The number of aromatic nitrogens is 2. The van der Waals surface area contributed by atoms with E-state index in [1.807, 2.05) is 7.05 Å². The summed E-state index contributed by atoms with van der Waals surface area (Å²) in [7, 11) is 1.82. The van der Waals surface area contributed by atoms with Crippen molar-refractivity contribution in [2.45, 2.75) is 32.2 Å². The van der Waals surface area contributed by atoms with E-state index < -0.39 is 0 Å². The maximum atomic E-state index is 11.2. The van der Waals surface area contributed by atoms with Crippen LogP contribution >= 0.6 is 11.3 Å². The van der Waals surface area contributed by atoms with Gasteiger partial charge in [0, 0.05) is 30.9 Å². The van der Waals surface area contributed by atoms with Crippen LogP contribution in [0.2, 0.25) is 0 Å². The molecule has 6 nitrogen and oxygen atoms in total. The first-order valence-corrected chi connectivity index (χ1v) is 8.02. The van der Waals surface area contributed by atoms with Gasteiger partial charge in [-0.05, 0) is 18.9 Å². The normalized spacial score (nSPS) is 18.0. The molecule has 1 aliphatic heterocycles. The molecule has 0 aromatic carbocycles. The number of amides is 1. The van der Waals surface area contributed by atoms with Crippen molar-refractivity contribution in [1.82, 2.24) is 15.3 Å². The molecule has 7 heteroatoms. The van der Waals surface area contributed by atoms with E-state index in [1.54, 1.807) is 11.3 Å². The molecule has 0 bridgehead atoms. The fraction of sp³-hybridized carbons (Fsp3) is 0.500. The Morgan fingerprint density at radius 1 is 1.48 bits per heavy atom. The van der Waals surface area contributed by atoms with Gasteiger partial charge in [0.15, 0.2) is 0 Å². The molecule has 1 unspecified atom stereocenters. The Balaban J connectivity index is 1.85. The van der Waals surface area contributed by atoms with Crippen molar-refractivity contribution in [2.24, 2.45) is 0 Å². The predicted molar refractivity (Wildman–Crippen MR) is 86.0 cm³/mol. The van der Waals surface area contributed by atoms with Crippen LogP contribution in [-0.2, 0) is 11.2 Å². The van der Waals surface area contributed by atoms with E-state index in [2.05, 4.69) is 38.9 Å². The summed E-state index contributed by atoms with van der Waals surface area (Å²) in [4.78, 5) is 22.5. The van der Waals surface area contributed by atoms with Gasteiger partial charge in [0.2, 0.25) is 11.9 Å². The van der Waals surface area contributed by atoms with Gasteiger partial charge in [-0.1, -0.05) is 6.92 Å². The molecule has 0 saturated carbocycles. The minimum Gasteiger partial charge on any atom is -0.367 e. The van der Waals surface area contributed by atoms with Gasteiger partial charge in [-0.2, -0.15) is 4.98 Å². The summed E-state index contributed by atoms with van der Waals surface area (Å²) in [6.07, 6.45) is 2.49. The smallest absolute Gasteiger partial charge is 0.225 e. The number of hydrogen-bond donors (Lipinski definition) is 3. The molecule has 1 aliphatic rings. The first-order valence-electron chi connectivity index (χ1n) is 7.21. The van der Waals surface area contributed by atoms with Crippen LogP contribution in [0.3, 0.4) is 0 Å². The maximum absolute atomic E-state index is 11.2. The van der Waals surface area contributed by atoms with E-state index >= 15 is 0 Å². The topological polar surface area (TPSA) is 78.9 Å². The van der Waals surface area contributed by atoms with Crippen molar-refractivity contribution in [3.05, 3.63) is 10.9 Å². The summed E-state index contributed by atoms with van der Waals surface area (Å²) in [5, 5.41) is 10.4. The van der Waals surface area contributed by atoms with E-state index in [1.165, 1.54) is 4.88 Å². The second-order valence-corrected chi connectivity index (χ2v) is 6.23. The Hall–Kier alpha value is -1.89. The number of carbonyl (C=O) groups is 1. The molecule has 112 valence electrons. The lowest BCUT2D eigenvalue weighted by atomic mass is 10.2. The van der Waals surface area contributed by atoms with E-state index in [4.69, 9.17) is 0 Å². The Bertz CT molecular complexity index is 669. The molecule has 1 atom stereocenters. The SMILES string of the molecule is CCc1cc2c(NCC3CCC(=O)N3)nc(NC)nc2s1. The Morgan fingerprint density at radius 2 is 2.33 bits per heavy atom. The average molecular weight is 305 g/mol. The number of nitrogens with one attached hydrogen (secondary N) is 3. The van der Waals surface area contributed by atoms with E-state index in [0.29, 0.717) is 18.9 Å². The van der Waals surface area contributed by atoms with Gasteiger partial charge >= 0.3 is 0 Å². The van der Waals surface area contributed by atoms with Crippen molar-refractivity contribution in [3.63, 3.8) is 0 Å². The standard InChI is InChI=1S/C14H19N5OS/c1-3-9-6-10-12(16-7-8-4-5-11(20)17-8)18-14(15-2)19-13(10)21-9/h6,8H,3-5,7H2,1-2H3,(H,17,20)(H2,15,16,18,19). The van der Waals surface area contributed by atoms with Gasteiger partial charge in [0.1, 0.15) is 10.6 Å². The molecule has 2 aromatic rings. The van der Waals surface area contributed by atoms with Crippen LogP contribution in [-0.4, -0.2) is 35.5 Å². The Morgan fingerprint density at radius 3 is 3.00 bits per heavy atom. The first kappa shape index (κ1) is 14.1. The Kier molecular flexibility index (Phi) is 3.92. The zero-order chi connectivity index (χ0) is 14.8. The van der Waals surface area contributed by atoms with Gasteiger partial charge < -0.3 is 16.0 Å². The van der Waals surface area contributed by atoms with Crippen molar-refractivity contribution in [2.75, 3.05) is 24.2 Å². The highest BCUT2D eigenvalue weighted by molar-refractivity contribution is 7.18. The van der Waals surface area contributed by atoms with Crippen molar-refractivity contribution in [1.29, 1.82) is 0 Å². The lowest BCUT2D eigenvalue weighted by molar-refractivity contribution is -0.119. The van der Waals surface area contributed by atoms with E-state index in [0.717, 1.165) is 28.9 Å². The molecule has 3 heterocycles.